The Bertz CT molecular complexity index is 925. The van der Waals surface area contributed by atoms with Crippen molar-refractivity contribution in [3.8, 4) is 11.6 Å². The summed E-state index contributed by atoms with van der Waals surface area (Å²) in [6, 6.07) is 10.6. The summed E-state index contributed by atoms with van der Waals surface area (Å²) in [6.07, 6.45) is 1.50. The van der Waals surface area contributed by atoms with Crippen molar-refractivity contribution in [2.75, 3.05) is 5.75 Å². The highest BCUT2D eigenvalue weighted by atomic mass is 35.5. The maximum absolute atomic E-state index is 12.1. The first-order valence-electron chi connectivity index (χ1n) is 7.92. The van der Waals surface area contributed by atoms with Gasteiger partial charge in [0.1, 0.15) is 6.54 Å². The largest absolute Gasteiger partial charge is 0.461 e. The van der Waals surface area contributed by atoms with E-state index >= 15 is 0 Å². The van der Waals surface area contributed by atoms with Crippen molar-refractivity contribution in [1.82, 2.24) is 20.1 Å². The number of nitrogens with two attached hydrogens (primary N) is 1. The lowest BCUT2D eigenvalue weighted by Crippen LogP contribution is -2.25. The summed E-state index contributed by atoms with van der Waals surface area (Å²) in [7, 11) is 0. The van der Waals surface area contributed by atoms with E-state index in [2.05, 4.69) is 15.5 Å². The summed E-state index contributed by atoms with van der Waals surface area (Å²) in [6.45, 7) is 0.278. The van der Waals surface area contributed by atoms with Crippen LogP contribution in [0.2, 0.25) is 5.02 Å². The van der Waals surface area contributed by atoms with Gasteiger partial charge in [0, 0.05) is 11.6 Å². The fraction of sp³-hybridized carbons (Fsp3) is 0.176. The number of halogens is 1. The summed E-state index contributed by atoms with van der Waals surface area (Å²) in [4.78, 5) is 23.5. The zero-order valence-electron chi connectivity index (χ0n) is 14.1. The Balaban J connectivity index is 1.62. The van der Waals surface area contributed by atoms with Gasteiger partial charge in [0.2, 0.25) is 17.6 Å². The molecular weight excluding hydrogens is 390 g/mol. The number of benzene rings is 1. The molecule has 1 aromatic carbocycles. The van der Waals surface area contributed by atoms with Crippen LogP contribution >= 0.6 is 23.4 Å². The van der Waals surface area contributed by atoms with Gasteiger partial charge in [-0.1, -0.05) is 35.5 Å². The first kappa shape index (κ1) is 19.0. The van der Waals surface area contributed by atoms with E-state index in [9.17, 15) is 9.59 Å². The Morgan fingerprint density at radius 1 is 1.22 bits per heavy atom. The smallest absolute Gasteiger partial charge is 0.237 e. The van der Waals surface area contributed by atoms with E-state index in [1.807, 2.05) is 12.1 Å². The summed E-state index contributed by atoms with van der Waals surface area (Å²) < 4.78 is 6.83. The highest BCUT2D eigenvalue weighted by Gasteiger charge is 2.18. The molecular formula is C17H16ClN5O3S. The number of nitrogens with zero attached hydrogens (tertiary/aromatic N) is 3. The predicted molar refractivity (Wildman–Crippen MR) is 101 cm³/mol. The molecule has 0 aliphatic carbocycles. The third-order valence-corrected chi connectivity index (χ3v) is 4.73. The topological polar surface area (TPSA) is 116 Å². The van der Waals surface area contributed by atoms with Gasteiger partial charge in [-0.05, 0) is 29.8 Å². The lowest BCUT2D eigenvalue weighted by Gasteiger charge is -2.07. The standard InChI is InChI=1S/C17H16ClN5O3S/c18-12-5-3-11(4-6-12)8-20-15(25)10-27-17-22-21-16(13-2-1-7-26-13)23(17)9-14(19)24/h1-7H,8-10H2,(H2,19,24)(H,20,25). The number of furan rings is 1. The van der Waals surface area contributed by atoms with E-state index < -0.39 is 5.91 Å². The molecule has 2 amide bonds. The van der Waals surface area contributed by atoms with Crippen LogP contribution in [0.3, 0.4) is 0 Å². The molecule has 0 fully saturated rings. The van der Waals surface area contributed by atoms with Gasteiger partial charge >= 0.3 is 0 Å². The minimum atomic E-state index is -0.545. The van der Waals surface area contributed by atoms with Gasteiger partial charge in [-0.3, -0.25) is 14.2 Å². The summed E-state index contributed by atoms with van der Waals surface area (Å²) in [5.41, 5.74) is 6.25. The van der Waals surface area contributed by atoms with Gasteiger partial charge in [-0.15, -0.1) is 10.2 Å². The molecule has 27 heavy (non-hydrogen) atoms. The number of primary amides is 1. The van der Waals surface area contributed by atoms with Crippen LogP contribution in [0.4, 0.5) is 0 Å². The molecule has 10 heteroatoms. The van der Waals surface area contributed by atoms with Crippen molar-refractivity contribution in [1.29, 1.82) is 0 Å². The second-order valence-electron chi connectivity index (χ2n) is 5.53. The van der Waals surface area contributed by atoms with Crippen LogP contribution in [0.1, 0.15) is 5.56 Å². The van der Waals surface area contributed by atoms with E-state index in [-0.39, 0.29) is 18.2 Å². The van der Waals surface area contributed by atoms with Crippen molar-refractivity contribution < 1.29 is 14.0 Å². The second-order valence-corrected chi connectivity index (χ2v) is 6.91. The van der Waals surface area contributed by atoms with E-state index in [4.69, 9.17) is 21.8 Å². The molecule has 2 heterocycles. The SMILES string of the molecule is NC(=O)Cn1c(SCC(=O)NCc2ccc(Cl)cc2)nnc1-c1ccco1. The van der Waals surface area contributed by atoms with E-state index in [1.54, 1.807) is 24.3 Å². The van der Waals surface area contributed by atoms with Crippen LogP contribution in [0.5, 0.6) is 0 Å². The van der Waals surface area contributed by atoms with Crippen molar-refractivity contribution in [2.45, 2.75) is 18.2 Å². The average Bonchev–Trinajstić information content (AvgIpc) is 3.29. The van der Waals surface area contributed by atoms with Crippen molar-refractivity contribution >= 4 is 35.2 Å². The van der Waals surface area contributed by atoms with E-state index in [0.29, 0.717) is 28.3 Å². The molecule has 3 rings (SSSR count). The number of carbonyl (C=O) groups excluding carboxylic acids is 2. The molecule has 8 nitrogen and oxygen atoms in total. The summed E-state index contributed by atoms with van der Waals surface area (Å²) in [5, 5.41) is 11.9. The Kier molecular flexibility index (Phi) is 6.15. The Labute approximate surface area is 164 Å². The van der Waals surface area contributed by atoms with Crippen molar-refractivity contribution in [3.63, 3.8) is 0 Å². The number of thioether (sulfide) groups is 1. The van der Waals surface area contributed by atoms with Crippen LogP contribution in [0.15, 0.2) is 52.2 Å². The molecule has 0 saturated carbocycles. The molecule has 3 aromatic rings. The highest BCUT2D eigenvalue weighted by molar-refractivity contribution is 7.99. The number of hydrogen-bond donors (Lipinski definition) is 2. The summed E-state index contributed by atoms with van der Waals surface area (Å²) in [5.74, 6) is 0.230. The number of nitrogens with one attached hydrogen (secondary N) is 1. The molecule has 2 aromatic heterocycles. The molecule has 0 atom stereocenters. The zero-order valence-corrected chi connectivity index (χ0v) is 15.7. The molecule has 0 radical (unpaired) electrons. The van der Waals surface area contributed by atoms with Crippen LogP contribution in [-0.4, -0.2) is 32.3 Å². The maximum Gasteiger partial charge on any atom is 0.237 e. The molecule has 3 N–H and O–H groups in total. The van der Waals surface area contributed by atoms with Gasteiger partial charge in [0.15, 0.2) is 10.9 Å². The average molecular weight is 406 g/mol. The lowest BCUT2D eigenvalue weighted by atomic mass is 10.2. The van der Waals surface area contributed by atoms with E-state index in [0.717, 1.165) is 17.3 Å². The van der Waals surface area contributed by atoms with Gasteiger partial charge in [-0.2, -0.15) is 0 Å². The molecule has 0 bridgehead atoms. The second kappa shape index (κ2) is 8.74. The van der Waals surface area contributed by atoms with Gasteiger partial charge in [-0.25, -0.2) is 0 Å². The highest BCUT2D eigenvalue weighted by Crippen LogP contribution is 2.24. The van der Waals surface area contributed by atoms with E-state index in [1.165, 1.54) is 10.8 Å². The number of amides is 2. The zero-order chi connectivity index (χ0) is 19.2. The number of carbonyl (C=O) groups is 2. The quantitative estimate of drug-likeness (QED) is 0.554. The minimum Gasteiger partial charge on any atom is -0.461 e. The molecule has 140 valence electrons. The molecule has 0 unspecified atom stereocenters. The maximum atomic E-state index is 12.1. The lowest BCUT2D eigenvalue weighted by molar-refractivity contribution is -0.119. The van der Waals surface area contributed by atoms with Gasteiger partial charge in [0.05, 0.1) is 12.0 Å². The van der Waals surface area contributed by atoms with Crippen molar-refractivity contribution in [2.24, 2.45) is 5.73 Å². The van der Waals surface area contributed by atoms with Gasteiger partial charge < -0.3 is 15.5 Å². The fourth-order valence-corrected chi connectivity index (χ4v) is 3.16. The monoisotopic (exact) mass is 405 g/mol. The number of aromatic nitrogens is 3. The third-order valence-electron chi connectivity index (χ3n) is 3.51. The van der Waals surface area contributed by atoms with Crippen LogP contribution in [0, 0.1) is 0 Å². The summed E-state index contributed by atoms with van der Waals surface area (Å²) >= 11 is 7.00. The Hall–Kier alpha value is -2.78. The predicted octanol–water partition coefficient (Wildman–Crippen LogP) is 2.09. The third kappa shape index (κ3) is 5.11. The minimum absolute atomic E-state index is 0.113. The Morgan fingerprint density at radius 3 is 2.67 bits per heavy atom. The molecule has 0 aliphatic heterocycles. The normalized spacial score (nSPS) is 10.7. The molecule has 0 saturated heterocycles. The molecule has 0 spiro atoms. The molecule has 0 aliphatic rings. The van der Waals surface area contributed by atoms with Crippen LogP contribution < -0.4 is 11.1 Å². The fourth-order valence-electron chi connectivity index (χ4n) is 2.27. The first-order valence-corrected chi connectivity index (χ1v) is 9.28. The number of hydrogen-bond acceptors (Lipinski definition) is 6. The van der Waals surface area contributed by atoms with Crippen LogP contribution in [0.25, 0.3) is 11.6 Å². The first-order chi connectivity index (χ1) is 13.0. The number of rotatable bonds is 8. The van der Waals surface area contributed by atoms with Gasteiger partial charge in [0.25, 0.3) is 0 Å². The van der Waals surface area contributed by atoms with Crippen molar-refractivity contribution in [3.05, 3.63) is 53.2 Å². The van der Waals surface area contributed by atoms with Crippen LogP contribution in [-0.2, 0) is 22.7 Å². The Morgan fingerprint density at radius 2 is 2.00 bits per heavy atom.